The number of hydrogen-bond donors (Lipinski definition) is 0. The van der Waals surface area contributed by atoms with Crippen molar-refractivity contribution in [2.24, 2.45) is 5.92 Å². The van der Waals surface area contributed by atoms with E-state index in [9.17, 15) is 0 Å². The molecule has 0 saturated carbocycles. The minimum atomic E-state index is 0.954. The molecule has 0 spiro atoms. The summed E-state index contributed by atoms with van der Waals surface area (Å²) in [4.78, 5) is 2.46. The minimum Gasteiger partial charge on any atom is -0.303 e. The molecule has 0 bridgehead atoms. The molecular weight excluding hydrogens is 122 g/mol. The number of rotatable bonds is 2. The number of nitrogens with zero attached hydrogens (tertiary/aromatic N) is 1. The highest BCUT2D eigenvalue weighted by Gasteiger charge is 2.16. The molecule has 1 saturated heterocycles. The van der Waals surface area contributed by atoms with Crippen molar-refractivity contribution < 1.29 is 0 Å². The molecule has 1 radical (unpaired) electrons. The average molecular weight is 140 g/mol. The molecule has 1 fully saturated rings. The summed E-state index contributed by atoms with van der Waals surface area (Å²) in [5, 5.41) is 0. The SMILES string of the molecule is [CH2]CN1CCC[C@H](CC)C1. The van der Waals surface area contributed by atoms with Crippen LogP contribution in [0.2, 0.25) is 0 Å². The third kappa shape index (κ3) is 1.98. The van der Waals surface area contributed by atoms with E-state index < -0.39 is 0 Å². The first-order valence-corrected chi connectivity index (χ1v) is 4.38. The molecule has 10 heavy (non-hydrogen) atoms. The first kappa shape index (κ1) is 8.06. The fourth-order valence-corrected chi connectivity index (χ4v) is 1.69. The average Bonchev–Trinajstić information content (AvgIpc) is 2.05. The monoisotopic (exact) mass is 140 g/mol. The van der Waals surface area contributed by atoms with Crippen molar-refractivity contribution in [1.82, 2.24) is 4.90 Å². The van der Waals surface area contributed by atoms with E-state index in [0.29, 0.717) is 0 Å². The largest absolute Gasteiger partial charge is 0.303 e. The van der Waals surface area contributed by atoms with E-state index in [1.807, 2.05) is 0 Å². The highest BCUT2D eigenvalue weighted by atomic mass is 15.1. The third-order valence-corrected chi connectivity index (χ3v) is 2.50. The van der Waals surface area contributed by atoms with Gasteiger partial charge in [-0.3, -0.25) is 0 Å². The lowest BCUT2D eigenvalue weighted by molar-refractivity contribution is 0.187. The number of hydrogen-bond acceptors (Lipinski definition) is 1. The van der Waals surface area contributed by atoms with Gasteiger partial charge in [0.1, 0.15) is 0 Å². The van der Waals surface area contributed by atoms with Crippen molar-refractivity contribution in [3.05, 3.63) is 6.92 Å². The molecule has 1 atom stereocenters. The fraction of sp³-hybridized carbons (Fsp3) is 0.889. The Morgan fingerprint density at radius 1 is 1.60 bits per heavy atom. The second-order valence-electron chi connectivity index (χ2n) is 3.22. The maximum atomic E-state index is 3.90. The predicted molar refractivity (Wildman–Crippen MR) is 44.8 cm³/mol. The highest BCUT2D eigenvalue weighted by molar-refractivity contribution is 4.71. The highest BCUT2D eigenvalue weighted by Crippen LogP contribution is 2.18. The lowest BCUT2D eigenvalue weighted by atomic mass is 9.96. The molecule has 1 aliphatic rings. The minimum absolute atomic E-state index is 0.954. The van der Waals surface area contributed by atoms with E-state index in [-0.39, 0.29) is 0 Å². The van der Waals surface area contributed by atoms with E-state index in [1.54, 1.807) is 0 Å². The van der Waals surface area contributed by atoms with E-state index in [4.69, 9.17) is 0 Å². The van der Waals surface area contributed by atoms with Gasteiger partial charge in [0.05, 0.1) is 0 Å². The third-order valence-electron chi connectivity index (χ3n) is 2.50. The molecule has 1 aliphatic heterocycles. The van der Waals surface area contributed by atoms with Gasteiger partial charge in [-0.15, -0.1) is 0 Å². The zero-order chi connectivity index (χ0) is 7.40. The van der Waals surface area contributed by atoms with Crippen LogP contribution < -0.4 is 0 Å². The molecular formula is C9H18N. The molecule has 0 unspecified atom stereocenters. The van der Waals surface area contributed by atoms with Gasteiger partial charge >= 0.3 is 0 Å². The lowest BCUT2D eigenvalue weighted by Gasteiger charge is -2.30. The summed E-state index contributed by atoms with van der Waals surface area (Å²) in [5.74, 6) is 0.954. The fourth-order valence-electron chi connectivity index (χ4n) is 1.69. The van der Waals surface area contributed by atoms with Crippen LogP contribution in [0.4, 0.5) is 0 Å². The quantitative estimate of drug-likeness (QED) is 0.566. The van der Waals surface area contributed by atoms with E-state index in [0.717, 1.165) is 12.5 Å². The van der Waals surface area contributed by atoms with Crippen LogP contribution in [0, 0.1) is 12.8 Å². The van der Waals surface area contributed by atoms with Crippen molar-refractivity contribution in [3.8, 4) is 0 Å². The van der Waals surface area contributed by atoms with Gasteiger partial charge in [0.15, 0.2) is 0 Å². The van der Waals surface area contributed by atoms with Crippen LogP contribution in [0.5, 0.6) is 0 Å². The van der Waals surface area contributed by atoms with Gasteiger partial charge in [-0.25, -0.2) is 0 Å². The summed E-state index contributed by atoms with van der Waals surface area (Å²) in [5.41, 5.74) is 0. The maximum absolute atomic E-state index is 3.90. The topological polar surface area (TPSA) is 3.24 Å². The van der Waals surface area contributed by atoms with Crippen LogP contribution in [0.25, 0.3) is 0 Å². The molecule has 1 heterocycles. The van der Waals surface area contributed by atoms with Crippen molar-refractivity contribution in [2.75, 3.05) is 19.6 Å². The molecule has 1 heteroatoms. The Kier molecular flexibility index (Phi) is 3.20. The van der Waals surface area contributed by atoms with Crippen molar-refractivity contribution in [1.29, 1.82) is 0 Å². The molecule has 59 valence electrons. The Labute approximate surface area is 64.4 Å². The van der Waals surface area contributed by atoms with Crippen LogP contribution in [-0.4, -0.2) is 24.5 Å². The van der Waals surface area contributed by atoms with Crippen molar-refractivity contribution in [3.63, 3.8) is 0 Å². The summed E-state index contributed by atoms with van der Waals surface area (Å²) in [6.45, 7) is 9.76. The second kappa shape index (κ2) is 3.97. The molecule has 0 amide bonds. The zero-order valence-electron chi connectivity index (χ0n) is 6.97. The second-order valence-corrected chi connectivity index (χ2v) is 3.22. The summed E-state index contributed by atoms with van der Waals surface area (Å²) in [6.07, 6.45) is 4.16. The normalized spacial score (nSPS) is 28.8. The van der Waals surface area contributed by atoms with Gasteiger partial charge in [0, 0.05) is 6.54 Å². The van der Waals surface area contributed by atoms with Crippen LogP contribution in [0.15, 0.2) is 0 Å². The Bertz CT molecular complexity index is 80.7. The zero-order valence-corrected chi connectivity index (χ0v) is 6.97. The Hall–Kier alpha value is -0.0400. The smallest absolute Gasteiger partial charge is 0.000956 e. The molecule has 1 nitrogen and oxygen atoms in total. The van der Waals surface area contributed by atoms with Gasteiger partial charge in [-0.05, 0) is 38.8 Å². The van der Waals surface area contributed by atoms with Gasteiger partial charge in [-0.1, -0.05) is 13.3 Å². The lowest BCUT2D eigenvalue weighted by Crippen LogP contribution is -2.34. The molecule has 0 aromatic rings. The van der Waals surface area contributed by atoms with E-state index in [2.05, 4.69) is 18.7 Å². The number of likely N-dealkylation sites (tertiary alicyclic amines) is 1. The summed E-state index contributed by atoms with van der Waals surface area (Å²) in [7, 11) is 0. The Morgan fingerprint density at radius 3 is 3.00 bits per heavy atom. The van der Waals surface area contributed by atoms with Crippen LogP contribution in [0.3, 0.4) is 0 Å². The molecule has 0 N–H and O–H groups in total. The molecule has 0 aromatic heterocycles. The summed E-state index contributed by atoms with van der Waals surface area (Å²) < 4.78 is 0. The van der Waals surface area contributed by atoms with E-state index in [1.165, 1.54) is 32.4 Å². The van der Waals surface area contributed by atoms with Crippen molar-refractivity contribution in [2.45, 2.75) is 26.2 Å². The van der Waals surface area contributed by atoms with Crippen molar-refractivity contribution >= 4 is 0 Å². The maximum Gasteiger partial charge on any atom is 0.000956 e. The molecule has 0 aromatic carbocycles. The summed E-state index contributed by atoms with van der Waals surface area (Å²) in [6, 6.07) is 0. The first-order chi connectivity index (χ1) is 4.86. The van der Waals surface area contributed by atoms with Gasteiger partial charge < -0.3 is 4.90 Å². The van der Waals surface area contributed by atoms with E-state index >= 15 is 0 Å². The summed E-state index contributed by atoms with van der Waals surface area (Å²) >= 11 is 0. The Balaban J connectivity index is 2.25. The van der Waals surface area contributed by atoms with Crippen LogP contribution in [-0.2, 0) is 0 Å². The van der Waals surface area contributed by atoms with Gasteiger partial charge in [0.25, 0.3) is 0 Å². The molecule has 1 rings (SSSR count). The van der Waals surface area contributed by atoms with Gasteiger partial charge in [-0.2, -0.15) is 0 Å². The molecule has 0 aliphatic carbocycles. The van der Waals surface area contributed by atoms with Crippen LogP contribution in [0.1, 0.15) is 26.2 Å². The number of piperidine rings is 1. The van der Waals surface area contributed by atoms with Gasteiger partial charge in [0.2, 0.25) is 0 Å². The standard InChI is InChI=1S/C9H18N/c1-3-9-6-5-7-10(4-2)8-9/h9H,2-8H2,1H3/t9-/m0/s1. The first-order valence-electron chi connectivity index (χ1n) is 4.38. The van der Waals surface area contributed by atoms with Crippen LogP contribution >= 0.6 is 0 Å². The Morgan fingerprint density at radius 2 is 2.40 bits per heavy atom. The predicted octanol–water partition coefficient (Wildman–Crippen LogP) is 1.94.